The van der Waals surface area contributed by atoms with Gasteiger partial charge in [-0.3, -0.25) is 9.69 Å². The van der Waals surface area contributed by atoms with E-state index < -0.39 is 6.09 Å². The van der Waals surface area contributed by atoms with E-state index >= 15 is 0 Å². The highest BCUT2D eigenvalue weighted by Gasteiger charge is 2.30. The fourth-order valence-electron chi connectivity index (χ4n) is 4.30. The molecular formula is C24H27FN4O3. The standard InChI is InChI=1S/C24H27FN4O3/c1-32-24(31)27-26-22(18-6-8-20(25)9-7-18)16-28-12-10-17(11-13-28)14-29-15-19-4-2-3-5-21(19)23(29)30/h2-9,17H,10-16H2,1H3,(H,27,31). The van der Waals surface area contributed by atoms with Crippen LogP contribution in [0, 0.1) is 11.7 Å². The van der Waals surface area contributed by atoms with E-state index in [0.29, 0.717) is 24.7 Å². The number of rotatable bonds is 6. The Kier molecular flexibility index (Phi) is 6.80. The second-order valence-corrected chi connectivity index (χ2v) is 8.23. The Morgan fingerprint density at radius 1 is 1.16 bits per heavy atom. The van der Waals surface area contributed by atoms with Crippen molar-refractivity contribution in [2.24, 2.45) is 11.0 Å². The zero-order valence-electron chi connectivity index (χ0n) is 18.1. The number of ether oxygens (including phenoxy) is 1. The largest absolute Gasteiger partial charge is 0.452 e. The maximum absolute atomic E-state index is 13.3. The zero-order chi connectivity index (χ0) is 22.5. The lowest BCUT2D eigenvalue weighted by molar-refractivity contribution is 0.0719. The van der Waals surface area contributed by atoms with Gasteiger partial charge in [-0.05, 0) is 61.2 Å². The van der Waals surface area contributed by atoms with E-state index in [1.54, 1.807) is 12.1 Å². The molecule has 0 aromatic heterocycles. The van der Waals surface area contributed by atoms with Gasteiger partial charge in [0, 0.05) is 25.2 Å². The van der Waals surface area contributed by atoms with E-state index in [2.05, 4.69) is 20.2 Å². The lowest BCUT2D eigenvalue weighted by atomic mass is 9.95. The van der Waals surface area contributed by atoms with Gasteiger partial charge in [-0.1, -0.05) is 30.3 Å². The number of hydrazone groups is 1. The summed E-state index contributed by atoms with van der Waals surface area (Å²) in [6, 6.07) is 13.9. The summed E-state index contributed by atoms with van der Waals surface area (Å²) in [5.41, 5.74) is 5.67. The average Bonchev–Trinajstić information content (AvgIpc) is 3.13. The van der Waals surface area contributed by atoms with Gasteiger partial charge in [0.05, 0.1) is 12.8 Å². The van der Waals surface area contributed by atoms with Crippen molar-refractivity contribution in [3.63, 3.8) is 0 Å². The van der Waals surface area contributed by atoms with E-state index in [1.165, 1.54) is 19.2 Å². The molecule has 168 valence electrons. The maximum Gasteiger partial charge on any atom is 0.427 e. The SMILES string of the molecule is COC(=O)NN=C(CN1CCC(CN2Cc3ccccc3C2=O)CC1)c1ccc(F)cc1. The molecule has 2 aromatic carbocycles. The topological polar surface area (TPSA) is 74.2 Å². The molecule has 8 heteroatoms. The molecule has 0 bridgehead atoms. The van der Waals surface area contributed by atoms with E-state index in [1.807, 2.05) is 29.2 Å². The predicted molar refractivity (Wildman–Crippen MR) is 119 cm³/mol. The van der Waals surface area contributed by atoms with Crippen LogP contribution in [-0.4, -0.2) is 60.8 Å². The van der Waals surface area contributed by atoms with Gasteiger partial charge >= 0.3 is 6.09 Å². The summed E-state index contributed by atoms with van der Waals surface area (Å²) in [4.78, 5) is 28.3. The molecule has 1 saturated heterocycles. The number of halogens is 1. The third-order valence-electron chi connectivity index (χ3n) is 6.10. The van der Waals surface area contributed by atoms with Crippen LogP contribution in [0.15, 0.2) is 53.6 Å². The Hall–Kier alpha value is -3.26. The molecule has 2 aromatic rings. The fourth-order valence-corrected chi connectivity index (χ4v) is 4.30. The number of likely N-dealkylation sites (tertiary alicyclic amines) is 1. The van der Waals surface area contributed by atoms with Crippen molar-refractivity contribution in [2.45, 2.75) is 19.4 Å². The number of amides is 2. The minimum absolute atomic E-state index is 0.127. The van der Waals surface area contributed by atoms with E-state index in [0.717, 1.165) is 49.2 Å². The first-order valence-corrected chi connectivity index (χ1v) is 10.8. The highest BCUT2D eigenvalue weighted by atomic mass is 19.1. The molecule has 1 fully saturated rings. The van der Waals surface area contributed by atoms with Gasteiger partial charge in [-0.15, -0.1) is 0 Å². The summed E-state index contributed by atoms with van der Waals surface area (Å²) in [6.45, 7) is 3.70. The molecule has 2 aliphatic heterocycles. The Labute approximate surface area is 186 Å². The number of nitrogens with one attached hydrogen (secondary N) is 1. The number of carbonyl (C=O) groups excluding carboxylic acids is 2. The second-order valence-electron chi connectivity index (χ2n) is 8.23. The van der Waals surface area contributed by atoms with Crippen LogP contribution in [-0.2, 0) is 11.3 Å². The molecule has 2 amide bonds. The van der Waals surface area contributed by atoms with Gasteiger partial charge in [0.1, 0.15) is 5.82 Å². The number of hydrogen-bond donors (Lipinski definition) is 1. The molecule has 0 unspecified atom stereocenters. The monoisotopic (exact) mass is 438 g/mol. The average molecular weight is 439 g/mol. The molecular weight excluding hydrogens is 411 g/mol. The third kappa shape index (κ3) is 5.13. The van der Waals surface area contributed by atoms with E-state index in [-0.39, 0.29) is 11.7 Å². The number of piperidine rings is 1. The number of nitrogens with zero attached hydrogens (tertiary/aromatic N) is 3. The molecule has 1 N–H and O–H groups in total. The van der Waals surface area contributed by atoms with Crippen molar-refractivity contribution >= 4 is 17.7 Å². The zero-order valence-corrected chi connectivity index (χ0v) is 18.1. The summed E-state index contributed by atoms with van der Waals surface area (Å²) >= 11 is 0. The Bertz CT molecular complexity index is 1000. The van der Waals surface area contributed by atoms with E-state index in [9.17, 15) is 14.0 Å². The lowest BCUT2D eigenvalue weighted by Crippen LogP contribution is -2.41. The van der Waals surface area contributed by atoms with Crippen LogP contribution in [0.5, 0.6) is 0 Å². The van der Waals surface area contributed by atoms with Crippen LogP contribution in [0.3, 0.4) is 0 Å². The Balaban J connectivity index is 1.34. The van der Waals surface area contributed by atoms with Crippen LogP contribution in [0.25, 0.3) is 0 Å². The number of carbonyl (C=O) groups is 2. The van der Waals surface area contributed by atoms with Crippen LogP contribution >= 0.6 is 0 Å². The van der Waals surface area contributed by atoms with Gasteiger partial charge in [0.2, 0.25) is 0 Å². The van der Waals surface area contributed by atoms with Gasteiger partial charge in [-0.2, -0.15) is 5.10 Å². The van der Waals surface area contributed by atoms with Gasteiger partial charge in [-0.25, -0.2) is 14.6 Å². The lowest BCUT2D eigenvalue weighted by Gasteiger charge is -2.34. The summed E-state index contributed by atoms with van der Waals surface area (Å²) in [7, 11) is 1.27. The minimum Gasteiger partial charge on any atom is -0.452 e. The molecule has 32 heavy (non-hydrogen) atoms. The third-order valence-corrected chi connectivity index (χ3v) is 6.10. The minimum atomic E-state index is -0.653. The quantitative estimate of drug-likeness (QED) is 0.555. The first-order chi connectivity index (χ1) is 15.5. The fraction of sp³-hybridized carbons (Fsp3) is 0.375. The highest BCUT2D eigenvalue weighted by Crippen LogP contribution is 2.26. The van der Waals surface area contributed by atoms with Crippen LogP contribution < -0.4 is 5.43 Å². The molecule has 0 saturated carbocycles. The number of benzene rings is 2. The Morgan fingerprint density at radius 3 is 2.56 bits per heavy atom. The first-order valence-electron chi connectivity index (χ1n) is 10.8. The van der Waals surface area contributed by atoms with Crippen molar-refractivity contribution < 1.29 is 18.7 Å². The van der Waals surface area contributed by atoms with Gasteiger partial charge in [0.25, 0.3) is 5.91 Å². The molecule has 0 radical (unpaired) electrons. The molecule has 2 aliphatic rings. The molecule has 0 spiro atoms. The van der Waals surface area contributed by atoms with Crippen molar-refractivity contribution in [2.75, 3.05) is 33.3 Å². The predicted octanol–water partition coefficient (Wildman–Crippen LogP) is 3.25. The van der Waals surface area contributed by atoms with E-state index in [4.69, 9.17) is 0 Å². The molecule has 0 aliphatic carbocycles. The normalized spacial score (nSPS) is 17.4. The smallest absolute Gasteiger partial charge is 0.427 e. The second kappa shape index (κ2) is 9.91. The summed E-state index contributed by atoms with van der Waals surface area (Å²) in [6.07, 6.45) is 1.29. The maximum atomic E-state index is 13.3. The molecule has 4 rings (SSSR count). The summed E-state index contributed by atoms with van der Waals surface area (Å²) < 4.78 is 17.9. The molecule has 0 atom stereocenters. The molecule has 2 heterocycles. The number of fused-ring (bicyclic) bond motifs is 1. The van der Waals surface area contributed by atoms with Crippen molar-refractivity contribution in [1.29, 1.82) is 0 Å². The van der Waals surface area contributed by atoms with Crippen LogP contribution in [0.1, 0.15) is 34.3 Å². The van der Waals surface area contributed by atoms with Gasteiger partial charge < -0.3 is 9.64 Å². The highest BCUT2D eigenvalue weighted by molar-refractivity contribution is 6.02. The molecule has 7 nitrogen and oxygen atoms in total. The van der Waals surface area contributed by atoms with Gasteiger partial charge in [0.15, 0.2) is 0 Å². The summed E-state index contributed by atoms with van der Waals surface area (Å²) in [5.74, 6) is 0.250. The number of methoxy groups -OCH3 is 1. The van der Waals surface area contributed by atoms with Crippen molar-refractivity contribution in [3.8, 4) is 0 Å². The first kappa shape index (κ1) is 22.0. The number of hydrogen-bond acceptors (Lipinski definition) is 5. The van der Waals surface area contributed by atoms with Crippen LogP contribution in [0.2, 0.25) is 0 Å². The van der Waals surface area contributed by atoms with Crippen molar-refractivity contribution in [1.82, 2.24) is 15.2 Å². The Morgan fingerprint density at radius 2 is 1.88 bits per heavy atom. The van der Waals surface area contributed by atoms with Crippen LogP contribution in [0.4, 0.5) is 9.18 Å². The van der Waals surface area contributed by atoms with Crippen molar-refractivity contribution in [3.05, 3.63) is 71.0 Å². The summed E-state index contributed by atoms with van der Waals surface area (Å²) in [5, 5.41) is 4.20.